The molecule has 19 heavy (non-hydrogen) atoms. The summed E-state index contributed by atoms with van der Waals surface area (Å²) >= 11 is 0. The van der Waals surface area contributed by atoms with Crippen molar-refractivity contribution in [2.24, 2.45) is 0 Å². The van der Waals surface area contributed by atoms with Gasteiger partial charge in [0.25, 0.3) is 0 Å². The minimum atomic E-state index is -0.906. The van der Waals surface area contributed by atoms with Gasteiger partial charge in [0.15, 0.2) is 0 Å². The van der Waals surface area contributed by atoms with Crippen LogP contribution in [0.5, 0.6) is 0 Å². The van der Waals surface area contributed by atoms with E-state index < -0.39 is 6.10 Å². The molecule has 102 valence electrons. The van der Waals surface area contributed by atoms with E-state index >= 15 is 0 Å². The summed E-state index contributed by atoms with van der Waals surface area (Å²) in [6.07, 6.45) is -0.906. The third kappa shape index (κ3) is 2.98. The molecule has 1 aromatic heterocycles. The fraction of sp³-hybridized carbons (Fsp3) is 0.385. The van der Waals surface area contributed by atoms with Crippen LogP contribution in [0.1, 0.15) is 11.3 Å². The summed E-state index contributed by atoms with van der Waals surface area (Å²) < 4.78 is 1.50. The second-order valence-electron chi connectivity index (χ2n) is 4.43. The first-order chi connectivity index (χ1) is 9.15. The Hall–Kier alpha value is -1.76. The molecule has 1 aromatic carbocycles. The summed E-state index contributed by atoms with van der Waals surface area (Å²) in [5, 5.41) is 35.6. The molecule has 0 spiro atoms. The Morgan fingerprint density at radius 1 is 1.32 bits per heavy atom. The van der Waals surface area contributed by atoms with Crippen molar-refractivity contribution in [1.82, 2.24) is 15.0 Å². The predicted octanol–water partition coefficient (Wildman–Crippen LogP) is 0.0990. The van der Waals surface area contributed by atoms with Crippen LogP contribution in [0.4, 0.5) is 0 Å². The summed E-state index contributed by atoms with van der Waals surface area (Å²) in [7, 11) is 0. The van der Waals surface area contributed by atoms with Gasteiger partial charge in [0.1, 0.15) is 5.69 Å². The first kappa shape index (κ1) is 13.7. The van der Waals surface area contributed by atoms with Gasteiger partial charge in [-0.15, -0.1) is 5.10 Å². The molecule has 0 bridgehead atoms. The lowest BCUT2D eigenvalue weighted by molar-refractivity contribution is 0.0782. The first-order valence-electron chi connectivity index (χ1n) is 6.05. The smallest absolute Gasteiger partial charge is 0.116 e. The highest BCUT2D eigenvalue weighted by atomic mass is 16.3. The summed E-state index contributed by atoms with van der Waals surface area (Å²) in [6.45, 7) is 1.53. The molecule has 1 unspecified atom stereocenters. The van der Waals surface area contributed by atoms with Crippen LogP contribution in [0, 0.1) is 6.92 Å². The average molecular weight is 263 g/mol. The van der Waals surface area contributed by atoms with E-state index in [0.29, 0.717) is 11.4 Å². The van der Waals surface area contributed by atoms with E-state index in [-0.39, 0.29) is 19.8 Å². The predicted molar refractivity (Wildman–Crippen MR) is 69.2 cm³/mol. The Kier molecular flexibility index (Phi) is 4.26. The average Bonchev–Trinajstić information content (AvgIpc) is 2.81. The Morgan fingerprint density at radius 3 is 2.74 bits per heavy atom. The van der Waals surface area contributed by atoms with Crippen molar-refractivity contribution in [1.29, 1.82) is 0 Å². The van der Waals surface area contributed by atoms with E-state index in [1.165, 1.54) is 4.68 Å². The number of aromatic nitrogens is 3. The number of aliphatic hydroxyl groups excluding tert-OH is 3. The SMILES string of the molecule is Cc1cccc(-c2c(CO)nnn2CC(O)CO)c1. The molecule has 0 radical (unpaired) electrons. The number of hydrogen-bond acceptors (Lipinski definition) is 5. The summed E-state index contributed by atoms with van der Waals surface area (Å²) in [5.41, 5.74) is 3.07. The normalized spacial score (nSPS) is 12.6. The lowest BCUT2D eigenvalue weighted by Crippen LogP contribution is -2.21. The van der Waals surface area contributed by atoms with E-state index in [9.17, 15) is 10.2 Å². The van der Waals surface area contributed by atoms with Crippen molar-refractivity contribution in [3.63, 3.8) is 0 Å². The number of rotatable bonds is 5. The number of aliphatic hydroxyl groups is 3. The van der Waals surface area contributed by atoms with Crippen LogP contribution in [-0.2, 0) is 13.2 Å². The highest BCUT2D eigenvalue weighted by molar-refractivity contribution is 5.62. The van der Waals surface area contributed by atoms with Gasteiger partial charge in [-0.1, -0.05) is 29.0 Å². The molecular weight excluding hydrogens is 246 g/mol. The van der Waals surface area contributed by atoms with Gasteiger partial charge in [-0.3, -0.25) is 0 Å². The van der Waals surface area contributed by atoms with Crippen LogP contribution in [0.3, 0.4) is 0 Å². The first-order valence-corrected chi connectivity index (χ1v) is 6.05. The molecule has 1 atom stereocenters. The van der Waals surface area contributed by atoms with Crippen LogP contribution in [0.25, 0.3) is 11.3 Å². The fourth-order valence-corrected chi connectivity index (χ4v) is 1.95. The monoisotopic (exact) mass is 263 g/mol. The number of aryl methyl sites for hydroxylation is 1. The van der Waals surface area contributed by atoms with Crippen molar-refractivity contribution in [2.75, 3.05) is 6.61 Å². The van der Waals surface area contributed by atoms with Crippen LogP contribution < -0.4 is 0 Å². The van der Waals surface area contributed by atoms with Crippen LogP contribution in [-0.4, -0.2) is 43.0 Å². The maximum Gasteiger partial charge on any atom is 0.116 e. The quantitative estimate of drug-likeness (QED) is 0.711. The minimum Gasteiger partial charge on any atom is -0.394 e. The molecule has 0 aliphatic rings. The standard InChI is InChI=1S/C13H17N3O3/c1-9-3-2-4-10(5-9)13-12(8-18)14-15-16(13)6-11(19)7-17/h2-5,11,17-19H,6-8H2,1H3. The molecule has 0 aliphatic heterocycles. The maximum atomic E-state index is 9.52. The zero-order valence-corrected chi connectivity index (χ0v) is 10.7. The number of hydrogen-bond donors (Lipinski definition) is 3. The summed E-state index contributed by atoms with van der Waals surface area (Å²) in [4.78, 5) is 0. The molecule has 3 N–H and O–H groups in total. The van der Waals surface area contributed by atoms with Crippen LogP contribution in [0.15, 0.2) is 24.3 Å². The van der Waals surface area contributed by atoms with Crippen molar-refractivity contribution in [2.45, 2.75) is 26.2 Å². The second-order valence-corrected chi connectivity index (χ2v) is 4.43. The summed E-state index contributed by atoms with van der Waals surface area (Å²) in [5.74, 6) is 0. The molecule has 0 saturated heterocycles. The molecule has 1 heterocycles. The van der Waals surface area contributed by atoms with Crippen molar-refractivity contribution >= 4 is 0 Å². The fourth-order valence-electron chi connectivity index (χ4n) is 1.95. The van der Waals surface area contributed by atoms with Gasteiger partial charge in [0, 0.05) is 5.56 Å². The zero-order chi connectivity index (χ0) is 13.8. The highest BCUT2D eigenvalue weighted by Gasteiger charge is 2.16. The topological polar surface area (TPSA) is 91.4 Å². The molecular formula is C13H17N3O3. The Morgan fingerprint density at radius 2 is 2.11 bits per heavy atom. The maximum absolute atomic E-state index is 9.52. The van der Waals surface area contributed by atoms with Crippen molar-refractivity contribution in [3.8, 4) is 11.3 Å². The van der Waals surface area contributed by atoms with Gasteiger partial charge in [-0.05, 0) is 13.0 Å². The number of benzene rings is 1. The molecule has 6 nitrogen and oxygen atoms in total. The van der Waals surface area contributed by atoms with Gasteiger partial charge in [0.05, 0.1) is 31.6 Å². The van der Waals surface area contributed by atoms with Gasteiger partial charge in [-0.2, -0.15) is 0 Å². The van der Waals surface area contributed by atoms with Crippen LogP contribution in [0.2, 0.25) is 0 Å². The third-order valence-corrected chi connectivity index (χ3v) is 2.84. The third-order valence-electron chi connectivity index (χ3n) is 2.84. The van der Waals surface area contributed by atoms with Gasteiger partial charge >= 0.3 is 0 Å². The van der Waals surface area contributed by atoms with E-state index in [2.05, 4.69) is 10.3 Å². The largest absolute Gasteiger partial charge is 0.394 e. The second kappa shape index (κ2) is 5.92. The van der Waals surface area contributed by atoms with E-state index in [1.807, 2.05) is 31.2 Å². The molecule has 0 amide bonds. The van der Waals surface area contributed by atoms with Crippen molar-refractivity contribution < 1.29 is 15.3 Å². The van der Waals surface area contributed by atoms with E-state index in [4.69, 9.17) is 5.11 Å². The molecule has 0 fully saturated rings. The molecule has 6 heteroatoms. The Labute approximate surface area is 110 Å². The minimum absolute atomic E-state index is 0.132. The van der Waals surface area contributed by atoms with Crippen molar-refractivity contribution in [3.05, 3.63) is 35.5 Å². The van der Waals surface area contributed by atoms with Gasteiger partial charge < -0.3 is 15.3 Å². The van der Waals surface area contributed by atoms with E-state index in [1.54, 1.807) is 0 Å². The number of nitrogens with zero attached hydrogens (tertiary/aromatic N) is 3. The van der Waals surface area contributed by atoms with E-state index in [0.717, 1.165) is 11.1 Å². The lowest BCUT2D eigenvalue weighted by Gasteiger charge is -2.11. The lowest BCUT2D eigenvalue weighted by atomic mass is 10.1. The summed E-state index contributed by atoms with van der Waals surface area (Å²) in [6, 6.07) is 7.73. The van der Waals surface area contributed by atoms with Gasteiger partial charge in [-0.25, -0.2) is 4.68 Å². The highest BCUT2D eigenvalue weighted by Crippen LogP contribution is 2.23. The molecule has 2 rings (SSSR count). The Balaban J connectivity index is 2.44. The Bertz CT molecular complexity index is 554. The van der Waals surface area contributed by atoms with Gasteiger partial charge in [0.2, 0.25) is 0 Å². The molecule has 0 aliphatic carbocycles. The zero-order valence-electron chi connectivity index (χ0n) is 10.7. The molecule has 0 saturated carbocycles. The molecule has 2 aromatic rings. The van der Waals surface area contributed by atoms with Crippen LogP contribution >= 0.6 is 0 Å².